The van der Waals surface area contributed by atoms with Gasteiger partial charge in [-0.25, -0.2) is 9.50 Å². The summed E-state index contributed by atoms with van der Waals surface area (Å²) >= 11 is 0. The molecular weight excluding hydrogens is 298 g/mol. The predicted molar refractivity (Wildman–Crippen MR) is 80.6 cm³/mol. The van der Waals surface area contributed by atoms with E-state index >= 15 is 0 Å². The second-order valence-electron chi connectivity index (χ2n) is 4.94. The largest absolute Gasteiger partial charge is 0.472 e. The van der Waals surface area contributed by atoms with Crippen LogP contribution in [0.1, 0.15) is 33.3 Å². The number of carbonyl (C=O) groups excluding carboxylic acids is 2. The van der Waals surface area contributed by atoms with E-state index in [0.717, 1.165) is 5.56 Å². The third kappa shape index (κ3) is 2.66. The van der Waals surface area contributed by atoms with Gasteiger partial charge < -0.3 is 15.1 Å². The number of primary amides is 1. The molecule has 0 aliphatic carbocycles. The van der Waals surface area contributed by atoms with Crippen molar-refractivity contribution in [1.29, 1.82) is 0 Å². The minimum absolute atomic E-state index is 0.178. The molecule has 0 saturated heterocycles. The lowest BCUT2D eigenvalue weighted by Crippen LogP contribution is -2.31. The Morgan fingerprint density at radius 3 is 2.87 bits per heavy atom. The topological polar surface area (TPSA) is 107 Å². The average Bonchev–Trinajstić information content (AvgIpc) is 3.20. The zero-order valence-electron chi connectivity index (χ0n) is 12.5. The van der Waals surface area contributed by atoms with Crippen LogP contribution in [-0.4, -0.2) is 37.9 Å². The van der Waals surface area contributed by atoms with Gasteiger partial charge in [-0.2, -0.15) is 5.10 Å². The Morgan fingerprint density at radius 2 is 2.22 bits per heavy atom. The van der Waals surface area contributed by atoms with E-state index in [9.17, 15) is 9.59 Å². The molecule has 3 aromatic rings. The summed E-state index contributed by atoms with van der Waals surface area (Å²) in [5, 5.41) is 4.06. The summed E-state index contributed by atoms with van der Waals surface area (Å²) in [6.07, 6.45) is 5.93. The number of amides is 2. The molecule has 23 heavy (non-hydrogen) atoms. The monoisotopic (exact) mass is 313 g/mol. The quantitative estimate of drug-likeness (QED) is 0.758. The molecular formula is C15H15N5O3. The number of nitrogens with zero attached hydrogens (tertiary/aromatic N) is 4. The predicted octanol–water partition coefficient (Wildman–Crippen LogP) is 1.08. The summed E-state index contributed by atoms with van der Waals surface area (Å²) in [4.78, 5) is 29.9. The van der Waals surface area contributed by atoms with Crippen molar-refractivity contribution in [1.82, 2.24) is 19.5 Å². The van der Waals surface area contributed by atoms with Crippen LogP contribution in [0.15, 0.2) is 41.5 Å². The highest BCUT2D eigenvalue weighted by Gasteiger charge is 2.21. The fourth-order valence-electron chi connectivity index (χ4n) is 2.32. The molecule has 0 bridgehead atoms. The van der Waals surface area contributed by atoms with Crippen LogP contribution in [0.2, 0.25) is 0 Å². The van der Waals surface area contributed by atoms with Gasteiger partial charge in [-0.3, -0.25) is 9.59 Å². The van der Waals surface area contributed by atoms with Crippen LogP contribution in [0.25, 0.3) is 5.65 Å². The molecule has 0 saturated carbocycles. The highest BCUT2D eigenvalue weighted by molar-refractivity contribution is 5.99. The van der Waals surface area contributed by atoms with E-state index in [0.29, 0.717) is 18.8 Å². The van der Waals surface area contributed by atoms with Gasteiger partial charge in [0.25, 0.3) is 11.8 Å². The number of hydrogen-bond acceptors (Lipinski definition) is 5. The maximum absolute atomic E-state index is 12.8. The smallest absolute Gasteiger partial charge is 0.272 e. The number of carbonyl (C=O) groups is 2. The summed E-state index contributed by atoms with van der Waals surface area (Å²) in [6, 6.07) is 3.36. The number of furan rings is 1. The Bertz CT molecular complexity index is 853. The summed E-state index contributed by atoms with van der Waals surface area (Å²) in [7, 11) is 0. The molecule has 3 heterocycles. The Balaban J connectivity index is 1.98. The van der Waals surface area contributed by atoms with E-state index < -0.39 is 5.91 Å². The van der Waals surface area contributed by atoms with Crippen LogP contribution in [0, 0.1) is 0 Å². The van der Waals surface area contributed by atoms with Crippen molar-refractivity contribution in [3.05, 3.63) is 53.9 Å². The third-order valence-electron chi connectivity index (χ3n) is 3.51. The van der Waals surface area contributed by atoms with Gasteiger partial charge >= 0.3 is 0 Å². The van der Waals surface area contributed by atoms with Crippen molar-refractivity contribution in [2.45, 2.75) is 13.5 Å². The van der Waals surface area contributed by atoms with Crippen LogP contribution in [0.5, 0.6) is 0 Å². The molecule has 118 valence electrons. The zero-order valence-corrected chi connectivity index (χ0v) is 12.5. The van der Waals surface area contributed by atoms with Crippen molar-refractivity contribution in [2.24, 2.45) is 5.73 Å². The van der Waals surface area contributed by atoms with Gasteiger partial charge in [0.15, 0.2) is 5.65 Å². The SMILES string of the molecule is CCN(Cc1ccoc1)C(=O)c1ccnc2c(C(N)=O)cnn12. The first-order valence-electron chi connectivity index (χ1n) is 7.04. The summed E-state index contributed by atoms with van der Waals surface area (Å²) < 4.78 is 6.36. The summed E-state index contributed by atoms with van der Waals surface area (Å²) in [6.45, 7) is 2.81. The Labute approximate surface area is 131 Å². The van der Waals surface area contributed by atoms with E-state index in [1.807, 2.05) is 6.92 Å². The minimum Gasteiger partial charge on any atom is -0.472 e. The highest BCUT2D eigenvalue weighted by atomic mass is 16.3. The molecule has 8 nitrogen and oxygen atoms in total. The van der Waals surface area contributed by atoms with Crippen molar-refractivity contribution >= 4 is 17.5 Å². The fraction of sp³-hybridized carbons (Fsp3) is 0.200. The van der Waals surface area contributed by atoms with E-state index in [1.54, 1.807) is 29.6 Å². The van der Waals surface area contributed by atoms with E-state index in [2.05, 4.69) is 10.1 Å². The molecule has 0 radical (unpaired) electrons. The molecule has 0 unspecified atom stereocenters. The average molecular weight is 313 g/mol. The molecule has 0 aliphatic heterocycles. The lowest BCUT2D eigenvalue weighted by Gasteiger charge is -2.20. The maximum Gasteiger partial charge on any atom is 0.272 e. The van der Waals surface area contributed by atoms with Crippen molar-refractivity contribution in [2.75, 3.05) is 6.54 Å². The molecule has 2 N–H and O–H groups in total. The molecule has 0 aliphatic rings. The standard InChI is InChI=1S/C15H15N5O3/c1-2-19(8-10-4-6-23-9-10)15(22)12-3-5-17-14-11(13(16)21)7-18-20(12)14/h3-7,9H,2,8H2,1H3,(H2,16,21). The highest BCUT2D eigenvalue weighted by Crippen LogP contribution is 2.13. The first-order valence-corrected chi connectivity index (χ1v) is 7.04. The second kappa shape index (κ2) is 5.91. The number of rotatable bonds is 5. The van der Waals surface area contributed by atoms with Gasteiger partial charge in [0.1, 0.15) is 11.3 Å². The van der Waals surface area contributed by atoms with Crippen LogP contribution >= 0.6 is 0 Å². The van der Waals surface area contributed by atoms with Crippen molar-refractivity contribution < 1.29 is 14.0 Å². The molecule has 0 aromatic carbocycles. The van der Waals surface area contributed by atoms with Gasteiger partial charge in [-0.05, 0) is 19.1 Å². The first-order chi connectivity index (χ1) is 11.1. The van der Waals surface area contributed by atoms with Crippen molar-refractivity contribution in [3.8, 4) is 0 Å². The fourth-order valence-corrected chi connectivity index (χ4v) is 2.32. The van der Waals surface area contributed by atoms with E-state index in [1.165, 1.54) is 16.9 Å². The molecule has 0 spiro atoms. The molecule has 8 heteroatoms. The van der Waals surface area contributed by atoms with E-state index in [-0.39, 0.29) is 17.1 Å². The van der Waals surface area contributed by atoms with Crippen molar-refractivity contribution in [3.63, 3.8) is 0 Å². The minimum atomic E-state index is -0.636. The normalized spacial score (nSPS) is 10.8. The van der Waals surface area contributed by atoms with Crippen LogP contribution in [0.4, 0.5) is 0 Å². The molecule has 3 aromatic heterocycles. The lowest BCUT2D eigenvalue weighted by molar-refractivity contribution is 0.0743. The van der Waals surface area contributed by atoms with Crippen LogP contribution in [0.3, 0.4) is 0 Å². The Morgan fingerprint density at radius 1 is 1.39 bits per heavy atom. The van der Waals surface area contributed by atoms with Crippen LogP contribution in [-0.2, 0) is 6.54 Å². The first kappa shape index (κ1) is 14.8. The number of nitrogens with two attached hydrogens (primary N) is 1. The van der Waals surface area contributed by atoms with Gasteiger partial charge in [0.2, 0.25) is 0 Å². The van der Waals surface area contributed by atoms with Crippen LogP contribution < -0.4 is 5.73 Å². The molecule has 3 rings (SSSR count). The molecule has 2 amide bonds. The number of hydrogen-bond donors (Lipinski definition) is 1. The summed E-state index contributed by atoms with van der Waals surface area (Å²) in [5.41, 5.74) is 6.94. The van der Waals surface area contributed by atoms with Gasteiger partial charge in [-0.15, -0.1) is 0 Å². The maximum atomic E-state index is 12.8. The third-order valence-corrected chi connectivity index (χ3v) is 3.51. The summed E-state index contributed by atoms with van der Waals surface area (Å²) in [5.74, 6) is -0.858. The second-order valence-corrected chi connectivity index (χ2v) is 4.94. The number of fused-ring (bicyclic) bond motifs is 1. The van der Waals surface area contributed by atoms with Gasteiger partial charge in [0, 0.05) is 24.8 Å². The van der Waals surface area contributed by atoms with E-state index in [4.69, 9.17) is 10.2 Å². The Kier molecular flexibility index (Phi) is 3.80. The number of aromatic nitrogens is 3. The van der Waals surface area contributed by atoms with Gasteiger partial charge in [0.05, 0.1) is 18.7 Å². The zero-order chi connectivity index (χ0) is 16.4. The molecule has 0 fully saturated rings. The lowest BCUT2D eigenvalue weighted by atomic mass is 10.2. The molecule has 0 atom stereocenters. The Hall–Kier alpha value is -3.16. The van der Waals surface area contributed by atoms with Gasteiger partial charge in [-0.1, -0.05) is 0 Å².